The van der Waals surface area contributed by atoms with Gasteiger partial charge in [-0.2, -0.15) is 0 Å². The molecular formula is C10H17NO2. The van der Waals surface area contributed by atoms with Crippen molar-refractivity contribution < 1.29 is 9.15 Å². The lowest BCUT2D eigenvalue weighted by Gasteiger charge is -2.18. The Bertz CT molecular complexity index is 219. The Balaban J connectivity index is 2.57. The largest absolute Gasteiger partial charge is 0.468 e. The van der Waals surface area contributed by atoms with Gasteiger partial charge in [-0.3, -0.25) is 0 Å². The first-order valence-corrected chi connectivity index (χ1v) is 4.52. The molecule has 1 aromatic heterocycles. The van der Waals surface area contributed by atoms with E-state index in [1.54, 1.807) is 13.4 Å². The minimum Gasteiger partial charge on any atom is -0.468 e. The van der Waals surface area contributed by atoms with Gasteiger partial charge in [0.25, 0.3) is 0 Å². The lowest BCUT2D eigenvalue weighted by molar-refractivity contribution is 0.153. The van der Waals surface area contributed by atoms with E-state index >= 15 is 0 Å². The average molecular weight is 183 g/mol. The molecule has 13 heavy (non-hydrogen) atoms. The molecule has 1 aromatic rings. The molecule has 0 fully saturated rings. The third-order valence-corrected chi connectivity index (χ3v) is 1.75. The molecule has 1 heterocycles. The van der Waals surface area contributed by atoms with Gasteiger partial charge in [-0.1, -0.05) is 13.8 Å². The predicted octanol–water partition coefficient (Wildman–Crippen LogP) is 1.97. The number of nitrogens with one attached hydrogen (secondary N) is 1. The van der Waals surface area contributed by atoms with Crippen molar-refractivity contribution in [2.75, 3.05) is 13.7 Å². The van der Waals surface area contributed by atoms with Crippen LogP contribution in [0.3, 0.4) is 0 Å². The number of hydrogen-bond acceptors (Lipinski definition) is 3. The monoisotopic (exact) mass is 183 g/mol. The van der Waals surface area contributed by atoms with Crippen molar-refractivity contribution in [3.05, 3.63) is 24.2 Å². The van der Waals surface area contributed by atoms with Crippen molar-refractivity contribution in [2.24, 2.45) is 0 Å². The van der Waals surface area contributed by atoms with Crippen LogP contribution in [-0.4, -0.2) is 19.8 Å². The molecule has 3 heteroatoms. The number of hydrogen-bond donors (Lipinski definition) is 1. The Kier molecular flexibility index (Phi) is 3.99. The Morgan fingerprint density at radius 1 is 1.54 bits per heavy atom. The second-order valence-electron chi connectivity index (χ2n) is 3.34. The Hall–Kier alpha value is -0.800. The zero-order chi connectivity index (χ0) is 9.68. The molecule has 0 saturated heterocycles. The third-order valence-electron chi connectivity index (χ3n) is 1.75. The van der Waals surface area contributed by atoms with Gasteiger partial charge in [0.2, 0.25) is 0 Å². The quantitative estimate of drug-likeness (QED) is 0.757. The van der Waals surface area contributed by atoms with Crippen LogP contribution in [0.1, 0.15) is 25.6 Å². The van der Waals surface area contributed by atoms with E-state index in [4.69, 9.17) is 9.15 Å². The number of ether oxygens (including phenoxy) is 1. The van der Waals surface area contributed by atoms with E-state index in [-0.39, 0.29) is 6.04 Å². The van der Waals surface area contributed by atoms with Crippen molar-refractivity contribution in [3.8, 4) is 0 Å². The first-order chi connectivity index (χ1) is 6.24. The Morgan fingerprint density at radius 2 is 2.31 bits per heavy atom. The minimum absolute atomic E-state index is 0.153. The highest BCUT2D eigenvalue weighted by molar-refractivity contribution is 5.04. The predicted molar refractivity (Wildman–Crippen MR) is 51.6 cm³/mol. The number of methoxy groups -OCH3 is 1. The van der Waals surface area contributed by atoms with E-state index in [1.807, 2.05) is 12.1 Å². The molecule has 0 aliphatic rings. The van der Waals surface area contributed by atoms with Crippen LogP contribution in [0.25, 0.3) is 0 Å². The topological polar surface area (TPSA) is 34.4 Å². The van der Waals surface area contributed by atoms with Gasteiger partial charge >= 0.3 is 0 Å². The average Bonchev–Trinajstić information content (AvgIpc) is 2.54. The van der Waals surface area contributed by atoms with E-state index < -0.39 is 0 Å². The maximum Gasteiger partial charge on any atom is 0.123 e. The minimum atomic E-state index is 0.153. The summed E-state index contributed by atoms with van der Waals surface area (Å²) in [5, 5.41) is 3.36. The molecule has 74 valence electrons. The van der Waals surface area contributed by atoms with Gasteiger partial charge in [-0.25, -0.2) is 0 Å². The van der Waals surface area contributed by atoms with Gasteiger partial charge in [-0.05, 0) is 12.1 Å². The zero-order valence-electron chi connectivity index (χ0n) is 8.41. The van der Waals surface area contributed by atoms with Gasteiger partial charge in [-0.15, -0.1) is 0 Å². The lowest BCUT2D eigenvalue weighted by Crippen LogP contribution is -2.30. The summed E-state index contributed by atoms with van der Waals surface area (Å²) in [4.78, 5) is 0. The van der Waals surface area contributed by atoms with E-state index in [0.717, 1.165) is 5.76 Å². The van der Waals surface area contributed by atoms with Crippen LogP contribution in [0.4, 0.5) is 0 Å². The first kappa shape index (κ1) is 10.3. The molecule has 0 bridgehead atoms. The molecule has 1 unspecified atom stereocenters. The summed E-state index contributed by atoms with van der Waals surface area (Å²) in [7, 11) is 1.69. The van der Waals surface area contributed by atoms with Crippen LogP contribution >= 0.6 is 0 Å². The summed E-state index contributed by atoms with van der Waals surface area (Å²) in [5.74, 6) is 0.926. The van der Waals surface area contributed by atoms with Gasteiger partial charge in [0.1, 0.15) is 5.76 Å². The number of rotatable bonds is 5. The SMILES string of the molecule is COCC(NC(C)C)c1ccco1. The Labute approximate surface area is 79.1 Å². The maximum atomic E-state index is 5.31. The van der Waals surface area contributed by atoms with Crippen LogP contribution in [-0.2, 0) is 4.74 Å². The summed E-state index contributed by atoms with van der Waals surface area (Å²) < 4.78 is 10.4. The van der Waals surface area contributed by atoms with Crippen molar-refractivity contribution >= 4 is 0 Å². The zero-order valence-corrected chi connectivity index (χ0v) is 8.41. The van der Waals surface area contributed by atoms with Crippen molar-refractivity contribution in [2.45, 2.75) is 25.9 Å². The molecule has 0 radical (unpaired) electrons. The van der Waals surface area contributed by atoms with E-state index in [2.05, 4.69) is 19.2 Å². The third kappa shape index (κ3) is 3.20. The summed E-state index contributed by atoms with van der Waals surface area (Å²) in [6.07, 6.45) is 1.68. The molecular weight excluding hydrogens is 166 g/mol. The molecule has 0 aromatic carbocycles. The van der Waals surface area contributed by atoms with E-state index in [9.17, 15) is 0 Å². The van der Waals surface area contributed by atoms with Crippen LogP contribution in [0.5, 0.6) is 0 Å². The first-order valence-electron chi connectivity index (χ1n) is 4.52. The van der Waals surface area contributed by atoms with Crippen molar-refractivity contribution in [1.29, 1.82) is 0 Å². The normalized spacial score (nSPS) is 13.5. The van der Waals surface area contributed by atoms with Gasteiger partial charge < -0.3 is 14.5 Å². The molecule has 0 spiro atoms. The fourth-order valence-electron chi connectivity index (χ4n) is 1.27. The molecule has 1 rings (SSSR count). The smallest absolute Gasteiger partial charge is 0.123 e. The number of furan rings is 1. The van der Waals surface area contributed by atoms with Crippen LogP contribution in [0.15, 0.2) is 22.8 Å². The fraction of sp³-hybridized carbons (Fsp3) is 0.600. The van der Waals surface area contributed by atoms with Crippen LogP contribution in [0, 0.1) is 0 Å². The lowest BCUT2D eigenvalue weighted by atomic mass is 10.2. The standard InChI is InChI=1S/C10H17NO2/c1-8(2)11-9(7-12-3)10-5-4-6-13-10/h4-6,8-9,11H,7H2,1-3H3. The highest BCUT2D eigenvalue weighted by Gasteiger charge is 2.14. The highest BCUT2D eigenvalue weighted by atomic mass is 16.5. The van der Waals surface area contributed by atoms with Crippen molar-refractivity contribution in [3.63, 3.8) is 0 Å². The van der Waals surface area contributed by atoms with Gasteiger partial charge in [0.15, 0.2) is 0 Å². The molecule has 0 amide bonds. The molecule has 0 aliphatic heterocycles. The molecule has 1 atom stereocenters. The van der Waals surface area contributed by atoms with Gasteiger partial charge in [0.05, 0.1) is 18.9 Å². The fourth-order valence-corrected chi connectivity index (χ4v) is 1.27. The van der Waals surface area contributed by atoms with Crippen molar-refractivity contribution in [1.82, 2.24) is 5.32 Å². The molecule has 0 aliphatic carbocycles. The van der Waals surface area contributed by atoms with E-state index in [0.29, 0.717) is 12.6 Å². The second kappa shape index (κ2) is 5.04. The van der Waals surface area contributed by atoms with E-state index in [1.165, 1.54) is 0 Å². The Morgan fingerprint density at radius 3 is 2.77 bits per heavy atom. The summed E-state index contributed by atoms with van der Waals surface area (Å²) in [6, 6.07) is 4.42. The molecule has 1 N–H and O–H groups in total. The molecule has 0 saturated carbocycles. The second-order valence-corrected chi connectivity index (χ2v) is 3.34. The highest BCUT2D eigenvalue weighted by Crippen LogP contribution is 2.14. The summed E-state index contributed by atoms with van der Waals surface area (Å²) in [5.41, 5.74) is 0. The summed E-state index contributed by atoms with van der Waals surface area (Å²) >= 11 is 0. The van der Waals surface area contributed by atoms with Crippen LogP contribution < -0.4 is 5.32 Å². The molecule has 3 nitrogen and oxygen atoms in total. The maximum absolute atomic E-state index is 5.31. The van der Waals surface area contributed by atoms with Gasteiger partial charge in [0, 0.05) is 13.2 Å². The summed E-state index contributed by atoms with van der Waals surface area (Å²) in [6.45, 7) is 4.84. The van der Waals surface area contributed by atoms with Crippen LogP contribution in [0.2, 0.25) is 0 Å².